The van der Waals surface area contributed by atoms with Gasteiger partial charge in [0.25, 0.3) is 0 Å². The van der Waals surface area contributed by atoms with Crippen LogP contribution in [-0.2, 0) is 28.6 Å². The lowest BCUT2D eigenvalue weighted by molar-refractivity contribution is -0.167. The van der Waals surface area contributed by atoms with Crippen molar-refractivity contribution in [3.63, 3.8) is 0 Å². The molecule has 426 valence electrons. The smallest absolute Gasteiger partial charge is 0.306 e. The Hall–Kier alpha value is -2.63. The molecule has 6 nitrogen and oxygen atoms in total. The summed E-state index contributed by atoms with van der Waals surface area (Å²) < 4.78 is 16.9. The van der Waals surface area contributed by atoms with E-state index in [1.165, 1.54) is 238 Å². The maximum atomic E-state index is 12.9. The Labute approximate surface area is 454 Å². The van der Waals surface area contributed by atoms with Gasteiger partial charge in [0.15, 0.2) is 6.10 Å². The van der Waals surface area contributed by atoms with Crippen LogP contribution in [0.3, 0.4) is 0 Å². The molecule has 0 saturated carbocycles. The van der Waals surface area contributed by atoms with Gasteiger partial charge in [-0.3, -0.25) is 14.4 Å². The van der Waals surface area contributed by atoms with Gasteiger partial charge in [-0.2, -0.15) is 0 Å². The highest BCUT2D eigenvalue weighted by atomic mass is 16.6. The molecule has 0 aliphatic heterocycles. The normalized spacial score (nSPS) is 12.3. The molecule has 0 spiro atoms. The summed E-state index contributed by atoms with van der Waals surface area (Å²) in [7, 11) is 0. The summed E-state index contributed by atoms with van der Waals surface area (Å²) in [6, 6.07) is 0. The lowest BCUT2D eigenvalue weighted by Crippen LogP contribution is -2.30. The highest BCUT2D eigenvalue weighted by Gasteiger charge is 2.19. The molecule has 0 amide bonds. The Morgan fingerprint density at radius 1 is 0.274 bits per heavy atom. The molecule has 1 atom stereocenters. The van der Waals surface area contributed by atoms with E-state index in [1.54, 1.807) is 0 Å². The van der Waals surface area contributed by atoms with Gasteiger partial charge in [0, 0.05) is 19.3 Å². The van der Waals surface area contributed by atoms with Gasteiger partial charge in [-0.15, -0.1) is 0 Å². The number of esters is 3. The van der Waals surface area contributed by atoms with Gasteiger partial charge in [-0.25, -0.2) is 0 Å². The quantitative estimate of drug-likeness (QED) is 0.0261. The van der Waals surface area contributed by atoms with E-state index >= 15 is 0 Å². The molecule has 0 aromatic heterocycles. The van der Waals surface area contributed by atoms with E-state index in [1.807, 2.05) is 0 Å². The summed E-state index contributed by atoms with van der Waals surface area (Å²) in [5.74, 6) is -0.925. The lowest BCUT2D eigenvalue weighted by Gasteiger charge is -2.18. The molecule has 0 aromatic carbocycles. The van der Waals surface area contributed by atoms with Crippen LogP contribution in [0.4, 0.5) is 0 Å². The third kappa shape index (κ3) is 60.1. The van der Waals surface area contributed by atoms with Crippen LogP contribution in [0.15, 0.2) is 48.6 Å². The van der Waals surface area contributed by atoms with Crippen molar-refractivity contribution in [2.45, 2.75) is 348 Å². The lowest BCUT2D eigenvalue weighted by atomic mass is 10.0. The first kappa shape index (κ1) is 70.4. The molecular weight excluding hydrogens is 901 g/mol. The van der Waals surface area contributed by atoms with Crippen LogP contribution in [0.1, 0.15) is 342 Å². The van der Waals surface area contributed by atoms with Crippen molar-refractivity contribution in [2.75, 3.05) is 13.2 Å². The summed E-state index contributed by atoms with van der Waals surface area (Å²) in [5, 5.41) is 0. The zero-order chi connectivity index (χ0) is 52.9. The fraction of sp³-hybridized carbons (Fsp3) is 0.836. The molecule has 0 N–H and O–H groups in total. The van der Waals surface area contributed by atoms with Crippen molar-refractivity contribution < 1.29 is 28.6 Å². The van der Waals surface area contributed by atoms with Gasteiger partial charge in [0.1, 0.15) is 13.2 Å². The molecule has 0 radical (unpaired) electrons. The predicted octanol–water partition coefficient (Wildman–Crippen LogP) is 21.8. The summed E-state index contributed by atoms with van der Waals surface area (Å²) in [4.78, 5) is 38.3. The monoisotopic (exact) mass is 1020 g/mol. The van der Waals surface area contributed by atoms with E-state index in [0.717, 1.165) is 57.8 Å². The minimum Gasteiger partial charge on any atom is -0.462 e. The summed E-state index contributed by atoms with van der Waals surface area (Å²) in [6.07, 6.45) is 76.9. The molecular formula is C67H122O6. The fourth-order valence-electron chi connectivity index (χ4n) is 9.46. The topological polar surface area (TPSA) is 78.9 Å². The second-order valence-electron chi connectivity index (χ2n) is 21.7. The van der Waals surface area contributed by atoms with E-state index in [2.05, 4.69) is 69.4 Å². The van der Waals surface area contributed by atoms with Crippen LogP contribution in [0.5, 0.6) is 0 Å². The molecule has 0 aromatic rings. The molecule has 0 saturated heterocycles. The number of rotatable bonds is 59. The average molecular weight is 1020 g/mol. The highest BCUT2D eigenvalue weighted by molar-refractivity contribution is 5.71. The number of allylic oxidation sites excluding steroid dienone is 8. The maximum absolute atomic E-state index is 12.9. The molecule has 0 bridgehead atoms. The van der Waals surface area contributed by atoms with Crippen LogP contribution in [0.25, 0.3) is 0 Å². The molecule has 0 rings (SSSR count). The zero-order valence-corrected chi connectivity index (χ0v) is 48.9. The van der Waals surface area contributed by atoms with Gasteiger partial charge >= 0.3 is 17.9 Å². The van der Waals surface area contributed by atoms with Gasteiger partial charge in [0.2, 0.25) is 0 Å². The molecule has 6 heteroatoms. The van der Waals surface area contributed by atoms with E-state index in [0.29, 0.717) is 25.7 Å². The zero-order valence-electron chi connectivity index (χ0n) is 48.9. The first-order valence-corrected chi connectivity index (χ1v) is 32.1. The average Bonchev–Trinajstić information content (AvgIpc) is 3.39. The minimum absolute atomic E-state index is 0.0876. The summed E-state index contributed by atoms with van der Waals surface area (Å²) in [5.41, 5.74) is 0. The third-order valence-electron chi connectivity index (χ3n) is 14.3. The summed E-state index contributed by atoms with van der Waals surface area (Å²) >= 11 is 0. The minimum atomic E-state index is -0.794. The largest absolute Gasteiger partial charge is 0.462 e. The van der Waals surface area contributed by atoms with E-state index in [9.17, 15) is 14.4 Å². The molecule has 0 heterocycles. The first-order chi connectivity index (χ1) is 36.0. The van der Waals surface area contributed by atoms with Crippen LogP contribution in [-0.4, -0.2) is 37.2 Å². The van der Waals surface area contributed by atoms with Crippen LogP contribution >= 0.6 is 0 Å². The standard InChI is InChI=1S/C67H122O6/c1-4-7-10-13-16-19-22-25-28-31-32-33-34-37-40-43-46-49-52-55-58-61-67(70)73-64(62-71-65(68)59-56-53-50-47-44-41-38-35-29-26-23-20-17-14-11-8-5-2)63-72-66(69)60-57-54-51-48-45-42-39-36-30-27-24-21-18-15-12-9-6-3/h26-27,29-30,38,41,47,50,64H,4-25,28,31-37,39-40,42-46,48-49,51-63H2,1-3H3/b29-26-,30-27-,41-38-,50-47-/t64-/m1/s1. The Morgan fingerprint density at radius 3 is 0.836 bits per heavy atom. The van der Waals surface area contributed by atoms with E-state index in [-0.39, 0.29) is 31.1 Å². The molecule has 0 aliphatic rings. The highest BCUT2D eigenvalue weighted by Crippen LogP contribution is 2.17. The van der Waals surface area contributed by atoms with Gasteiger partial charge in [-0.1, -0.05) is 294 Å². The predicted molar refractivity (Wildman–Crippen MR) is 316 cm³/mol. The van der Waals surface area contributed by atoms with Crippen molar-refractivity contribution in [3.05, 3.63) is 48.6 Å². The van der Waals surface area contributed by atoms with Gasteiger partial charge < -0.3 is 14.2 Å². The summed E-state index contributed by atoms with van der Waals surface area (Å²) in [6.45, 7) is 6.64. The first-order valence-electron chi connectivity index (χ1n) is 32.1. The number of hydrogen-bond acceptors (Lipinski definition) is 6. The Morgan fingerprint density at radius 2 is 0.507 bits per heavy atom. The van der Waals surface area contributed by atoms with Crippen molar-refractivity contribution in [2.24, 2.45) is 0 Å². The number of carbonyl (C=O) groups excluding carboxylic acids is 3. The van der Waals surface area contributed by atoms with Crippen LogP contribution in [0, 0.1) is 0 Å². The Bertz CT molecular complexity index is 1270. The molecule has 73 heavy (non-hydrogen) atoms. The SMILES string of the molecule is CCCCCCCC/C=C\C/C=C\C/C=C\CCCC(=O)OC[C@H](COC(=O)CCCCCCCCC/C=C\CCCCCCCC)OC(=O)CCCCCCCCCCCCCCCCCCCCCCC. The van der Waals surface area contributed by atoms with Crippen LogP contribution in [0.2, 0.25) is 0 Å². The van der Waals surface area contributed by atoms with E-state index < -0.39 is 6.10 Å². The Kier molecular flexibility index (Phi) is 59.7. The number of carbonyl (C=O) groups is 3. The Balaban J connectivity index is 4.39. The van der Waals surface area contributed by atoms with E-state index in [4.69, 9.17) is 14.2 Å². The van der Waals surface area contributed by atoms with Crippen molar-refractivity contribution in [1.82, 2.24) is 0 Å². The second kappa shape index (κ2) is 61.9. The molecule has 0 unspecified atom stereocenters. The second-order valence-corrected chi connectivity index (χ2v) is 21.7. The maximum Gasteiger partial charge on any atom is 0.306 e. The fourth-order valence-corrected chi connectivity index (χ4v) is 9.46. The van der Waals surface area contributed by atoms with Crippen molar-refractivity contribution >= 4 is 17.9 Å². The van der Waals surface area contributed by atoms with Gasteiger partial charge in [0.05, 0.1) is 0 Å². The number of unbranched alkanes of at least 4 members (excludes halogenated alkanes) is 40. The van der Waals surface area contributed by atoms with Crippen LogP contribution < -0.4 is 0 Å². The number of ether oxygens (including phenoxy) is 3. The number of hydrogen-bond donors (Lipinski definition) is 0. The van der Waals surface area contributed by atoms with Crippen molar-refractivity contribution in [1.29, 1.82) is 0 Å². The van der Waals surface area contributed by atoms with Crippen molar-refractivity contribution in [3.8, 4) is 0 Å². The molecule has 0 fully saturated rings. The third-order valence-corrected chi connectivity index (χ3v) is 14.3. The molecule has 0 aliphatic carbocycles. The van der Waals surface area contributed by atoms with Gasteiger partial charge in [-0.05, 0) is 77.0 Å².